The lowest BCUT2D eigenvalue weighted by molar-refractivity contribution is 1.12. The van der Waals surface area contributed by atoms with E-state index in [1.165, 1.54) is 11.1 Å². The number of hydrogen-bond acceptors (Lipinski definition) is 5. The molecule has 0 bridgehead atoms. The number of aryl methyl sites for hydroxylation is 3. The predicted molar refractivity (Wildman–Crippen MR) is 182 cm³/mol. The molecule has 3 aromatic carbocycles. The van der Waals surface area contributed by atoms with Crippen LogP contribution in [0.5, 0.6) is 0 Å². The van der Waals surface area contributed by atoms with Gasteiger partial charge >= 0.3 is 0 Å². The predicted octanol–water partition coefficient (Wildman–Crippen LogP) is 10.0. The number of benzene rings is 3. The lowest BCUT2D eigenvalue weighted by Crippen LogP contribution is -1.87. The quantitative estimate of drug-likeness (QED) is 0.212. The molecule has 0 saturated carbocycles. The Morgan fingerprint density at radius 2 is 0.860 bits per heavy atom. The van der Waals surface area contributed by atoms with Gasteiger partial charge in [0.1, 0.15) is 0 Å². The molecular formula is C38H43N5. The topological polar surface area (TPSA) is 64.5 Å². The molecule has 0 fully saturated rings. The third kappa shape index (κ3) is 12.2. The van der Waals surface area contributed by atoms with E-state index >= 15 is 0 Å². The number of nitrogens with zero attached hydrogens (tertiary/aromatic N) is 5. The summed E-state index contributed by atoms with van der Waals surface area (Å²) in [5.74, 6) is 0. The van der Waals surface area contributed by atoms with Crippen molar-refractivity contribution in [3.63, 3.8) is 0 Å². The van der Waals surface area contributed by atoms with Gasteiger partial charge in [0.2, 0.25) is 0 Å². The maximum Gasteiger partial charge on any atom is 0.0888 e. The molecule has 5 nitrogen and oxygen atoms in total. The van der Waals surface area contributed by atoms with Crippen molar-refractivity contribution in [3.8, 4) is 33.6 Å². The van der Waals surface area contributed by atoms with E-state index in [0.29, 0.717) is 0 Å². The molecule has 0 aliphatic carbocycles. The molecule has 0 aliphatic rings. The van der Waals surface area contributed by atoms with Crippen molar-refractivity contribution < 1.29 is 0 Å². The van der Waals surface area contributed by atoms with E-state index < -0.39 is 0 Å². The van der Waals surface area contributed by atoms with Crippen molar-refractivity contribution in [2.24, 2.45) is 0 Å². The highest BCUT2D eigenvalue weighted by atomic mass is 14.8. The van der Waals surface area contributed by atoms with E-state index in [0.717, 1.165) is 39.6 Å². The molecule has 6 rings (SSSR count). The van der Waals surface area contributed by atoms with Gasteiger partial charge in [0.25, 0.3) is 0 Å². The van der Waals surface area contributed by atoms with Crippen LogP contribution in [0.25, 0.3) is 33.6 Å². The van der Waals surface area contributed by atoms with Crippen LogP contribution in [0.15, 0.2) is 134 Å². The highest BCUT2D eigenvalue weighted by Crippen LogP contribution is 2.17. The van der Waals surface area contributed by atoms with E-state index in [1.807, 2.05) is 140 Å². The van der Waals surface area contributed by atoms with Gasteiger partial charge in [0, 0.05) is 41.0 Å². The Bertz CT molecular complexity index is 1460. The molecule has 43 heavy (non-hydrogen) atoms. The summed E-state index contributed by atoms with van der Waals surface area (Å²) in [6, 6.07) is 34.5. The molecule has 0 saturated heterocycles. The van der Waals surface area contributed by atoms with Gasteiger partial charge in [-0.25, -0.2) is 4.98 Å². The van der Waals surface area contributed by atoms with Gasteiger partial charge in [-0.1, -0.05) is 125 Å². The minimum Gasteiger partial charge on any atom is -0.261 e. The average molecular weight is 570 g/mol. The number of aromatic nitrogens is 5. The third-order valence-electron chi connectivity index (χ3n) is 5.69. The Hall–Kier alpha value is -5.03. The van der Waals surface area contributed by atoms with E-state index in [9.17, 15) is 0 Å². The molecule has 0 amide bonds. The van der Waals surface area contributed by atoms with Gasteiger partial charge in [-0.15, -0.1) is 0 Å². The molecular weight excluding hydrogens is 526 g/mol. The van der Waals surface area contributed by atoms with Gasteiger partial charge < -0.3 is 0 Å². The van der Waals surface area contributed by atoms with Crippen LogP contribution in [0, 0.1) is 20.8 Å². The van der Waals surface area contributed by atoms with Crippen LogP contribution in [0.1, 0.15) is 44.8 Å². The maximum absolute atomic E-state index is 4.38. The normalized spacial score (nSPS) is 9.28. The molecule has 0 aliphatic heterocycles. The first-order valence-electron chi connectivity index (χ1n) is 14.7. The molecule has 0 radical (unpaired) electrons. The fraction of sp³-hybridized carbons (Fsp3) is 0.184. The summed E-state index contributed by atoms with van der Waals surface area (Å²) in [6.45, 7) is 13.9. The van der Waals surface area contributed by atoms with Crippen LogP contribution < -0.4 is 0 Å². The molecule has 5 heteroatoms. The van der Waals surface area contributed by atoms with Gasteiger partial charge in [-0.2, -0.15) is 0 Å². The first-order chi connectivity index (χ1) is 21.1. The first kappa shape index (κ1) is 34.2. The van der Waals surface area contributed by atoms with Gasteiger partial charge in [-0.3, -0.25) is 19.9 Å². The largest absolute Gasteiger partial charge is 0.261 e. The van der Waals surface area contributed by atoms with Crippen LogP contribution in [0.4, 0.5) is 0 Å². The van der Waals surface area contributed by atoms with Crippen LogP contribution in [0.3, 0.4) is 0 Å². The zero-order valence-corrected chi connectivity index (χ0v) is 26.4. The van der Waals surface area contributed by atoms with Crippen molar-refractivity contribution in [1.29, 1.82) is 0 Å². The molecule has 0 N–H and O–H groups in total. The van der Waals surface area contributed by atoms with Crippen molar-refractivity contribution in [2.75, 3.05) is 0 Å². The minimum absolute atomic E-state index is 0.922. The highest BCUT2D eigenvalue weighted by molar-refractivity contribution is 5.62. The highest BCUT2D eigenvalue weighted by Gasteiger charge is 1.98. The Morgan fingerprint density at radius 1 is 0.349 bits per heavy atom. The summed E-state index contributed by atoms with van der Waals surface area (Å²) in [5.41, 5.74) is 9.41. The summed E-state index contributed by atoms with van der Waals surface area (Å²) < 4.78 is 0. The molecule has 0 unspecified atom stereocenters. The Kier molecular flexibility index (Phi) is 15.9. The summed E-state index contributed by atoms with van der Waals surface area (Å²) in [6.07, 6.45) is 9.02. The number of rotatable bonds is 3. The summed E-state index contributed by atoms with van der Waals surface area (Å²) in [5, 5.41) is 0. The van der Waals surface area contributed by atoms with Crippen molar-refractivity contribution in [1.82, 2.24) is 24.9 Å². The number of hydrogen-bond donors (Lipinski definition) is 0. The van der Waals surface area contributed by atoms with E-state index in [1.54, 1.807) is 24.8 Å². The van der Waals surface area contributed by atoms with Crippen LogP contribution in [-0.4, -0.2) is 24.9 Å². The summed E-state index contributed by atoms with van der Waals surface area (Å²) in [7, 11) is 0. The second-order valence-corrected chi connectivity index (χ2v) is 8.88. The van der Waals surface area contributed by atoms with Gasteiger partial charge in [-0.05, 0) is 32.4 Å². The van der Waals surface area contributed by atoms with Crippen LogP contribution in [0.2, 0.25) is 0 Å². The summed E-state index contributed by atoms with van der Waals surface area (Å²) >= 11 is 0. The average Bonchev–Trinajstić information content (AvgIpc) is 3.09. The van der Waals surface area contributed by atoms with Crippen molar-refractivity contribution in [3.05, 3.63) is 151 Å². The second-order valence-electron chi connectivity index (χ2n) is 8.88. The lowest BCUT2D eigenvalue weighted by atomic mass is 10.1. The Labute approximate surface area is 257 Å². The molecule has 0 atom stereocenters. The van der Waals surface area contributed by atoms with Crippen LogP contribution in [-0.2, 0) is 0 Å². The summed E-state index contributed by atoms with van der Waals surface area (Å²) in [4.78, 5) is 21.2. The second kappa shape index (κ2) is 19.9. The molecule has 0 spiro atoms. The number of pyridine rings is 1. The van der Waals surface area contributed by atoms with Crippen LogP contribution >= 0.6 is 0 Å². The molecule has 220 valence electrons. The zero-order valence-electron chi connectivity index (χ0n) is 26.4. The fourth-order valence-corrected chi connectivity index (χ4v) is 3.63. The first-order valence-corrected chi connectivity index (χ1v) is 14.7. The standard InChI is InChI=1S/C12H11N.2C11H10N2.2C2H6/c1-10-7-8-12(9-13-10)11-5-3-2-4-6-11;1-9-7-13-11(8-12-9)10-5-3-2-4-6-10;1-9-7-12-8-11(13-9)10-5-3-2-4-6-10;2*1-2/h2-9H,1H3;2*2-8H,1H3;2*1-2H3. The SMILES string of the molecule is CC.CC.Cc1ccc(-c2ccccc2)cn1.Cc1cnc(-c2ccccc2)cn1.Cc1cncc(-c2ccccc2)n1. The van der Waals surface area contributed by atoms with E-state index in [-0.39, 0.29) is 0 Å². The molecule has 3 aromatic heterocycles. The Balaban J connectivity index is 0.000000212. The molecule has 6 aromatic rings. The maximum atomic E-state index is 4.38. The lowest BCUT2D eigenvalue weighted by Gasteiger charge is -2.00. The zero-order chi connectivity index (χ0) is 31.3. The monoisotopic (exact) mass is 569 g/mol. The van der Waals surface area contributed by atoms with Gasteiger partial charge in [0.05, 0.1) is 35.2 Å². The van der Waals surface area contributed by atoms with E-state index in [2.05, 4.69) is 43.1 Å². The van der Waals surface area contributed by atoms with Crippen molar-refractivity contribution >= 4 is 0 Å². The minimum atomic E-state index is 0.922. The van der Waals surface area contributed by atoms with E-state index in [4.69, 9.17) is 0 Å². The smallest absolute Gasteiger partial charge is 0.0888 e. The Morgan fingerprint density at radius 3 is 1.33 bits per heavy atom. The van der Waals surface area contributed by atoms with Gasteiger partial charge in [0.15, 0.2) is 0 Å². The third-order valence-corrected chi connectivity index (χ3v) is 5.69. The fourth-order valence-electron chi connectivity index (χ4n) is 3.63. The van der Waals surface area contributed by atoms with Crippen molar-refractivity contribution in [2.45, 2.75) is 48.5 Å². The molecule has 3 heterocycles.